The summed E-state index contributed by atoms with van der Waals surface area (Å²) in [6.45, 7) is 5.97. The maximum Gasteiger partial charge on any atom is 0.266 e. The van der Waals surface area contributed by atoms with Crippen LogP contribution in [0.5, 0.6) is 5.75 Å². The summed E-state index contributed by atoms with van der Waals surface area (Å²) >= 11 is 0. The van der Waals surface area contributed by atoms with Gasteiger partial charge in [-0.2, -0.15) is 5.26 Å². The average Bonchev–Trinajstić information content (AvgIpc) is 2.72. The first-order chi connectivity index (χ1) is 13.6. The Hall–Kier alpha value is -3.84. The normalized spacial score (nSPS) is 10.9. The summed E-state index contributed by atoms with van der Waals surface area (Å²) in [7, 11) is 0. The monoisotopic (exact) mass is 368 g/mol. The highest BCUT2D eigenvalue weighted by atomic mass is 16.5. The van der Waals surface area contributed by atoms with Gasteiger partial charge in [0.15, 0.2) is 0 Å². The zero-order chi connectivity index (χ0) is 19.9. The molecule has 0 unspecified atom stereocenters. The van der Waals surface area contributed by atoms with E-state index in [1.807, 2.05) is 61.5 Å². The van der Waals surface area contributed by atoms with Crippen LogP contribution in [0.4, 0.5) is 5.69 Å². The van der Waals surface area contributed by atoms with Crippen LogP contribution in [0.1, 0.15) is 11.1 Å². The third-order valence-corrected chi connectivity index (χ3v) is 4.25. The van der Waals surface area contributed by atoms with Crippen molar-refractivity contribution >= 4 is 28.4 Å². The fourth-order valence-electron chi connectivity index (χ4n) is 2.83. The molecule has 0 spiro atoms. The first-order valence-electron chi connectivity index (χ1n) is 8.87. The predicted molar refractivity (Wildman–Crippen MR) is 113 cm³/mol. The number of anilines is 1. The molecule has 1 amide bonds. The number of carbonyl (C=O) groups excluding carboxylic acids is 1. The van der Waals surface area contributed by atoms with Gasteiger partial charge in [0.05, 0.1) is 0 Å². The number of aryl methyl sites for hydroxylation is 1. The second-order valence-electron chi connectivity index (χ2n) is 6.29. The number of hydrogen-bond acceptors (Lipinski definition) is 3. The third kappa shape index (κ3) is 4.28. The van der Waals surface area contributed by atoms with Crippen molar-refractivity contribution in [3.8, 4) is 11.8 Å². The van der Waals surface area contributed by atoms with Gasteiger partial charge < -0.3 is 10.1 Å². The number of carbonyl (C=O) groups is 1. The summed E-state index contributed by atoms with van der Waals surface area (Å²) in [6.07, 6.45) is 3.22. The zero-order valence-electron chi connectivity index (χ0n) is 15.6. The maximum absolute atomic E-state index is 12.6. The van der Waals surface area contributed by atoms with Gasteiger partial charge in [-0.15, -0.1) is 0 Å². The molecule has 0 aliphatic carbocycles. The van der Waals surface area contributed by atoms with Crippen LogP contribution in [-0.2, 0) is 4.79 Å². The van der Waals surface area contributed by atoms with Crippen LogP contribution in [0.15, 0.2) is 78.9 Å². The molecular formula is C24H20N2O2. The lowest BCUT2D eigenvalue weighted by molar-refractivity contribution is -0.112. The highest BCUT2D eigenvalue weighted by molar-refractivity contribution is 6.11. The van der Waals surface area contributed by atoms with Crippen molar-refractivity contribution in [2.24, 2.45) is 0 Å². The molecule has 4 heteroatoms. The molecule has 3 aromatic rings. The van der Waals surface area contributed by atoms with Crippen molar-refractivity contribution in [1.82, 2.24) is 0 Å². The quantitative estimate of drug-likeness (QED) is 0.367. The molecule has 3 aromatic carbocycles. The number of ether oxygens (including phenoxy) is 1. The van der Waals surface area contributed by atoms with Crippen LogP contribution in [-0.4, -0.2) is 12.5 Å². The molecule has 0 heterocycles. The molecule has 0 radical (unpaired) electrons. The van der Waals surface area contributed by atoms with E-state index in [0.29, 0.717) is 23.6 Å². The van der Waals surface area contributed by atoms with Gasteiger partial charge in [0.25, 0.3) is 5.91 Å². The summed E-state index contributed by atoms with van der Waals surface area (Å²) in [4.78, 5) is 12.6. The van der Waals surface area contributed by atoms with Crippen molar-refractivity contribution in [2.75, 3.05) is 11.9 Å². The van der Waals surface area contributed by atoms with Gasteiger partial charge in [-0.25, -0.2) is 0 Å². The molecular weight excluding hydrogens is 348 g/mol. The molecule has 0 aliphatic rings. The van der Waals surface area contributed by atoms with Gasteiger partial charge >= 0.3 is 0 Å². The second kappa shape index (κ2) is 8.70. The summed E-state index contributed by atoms with van der Waals surface area (Å²) < 4.78 is 5.75. The molecule has 0 saturated heterocycles. The standard InChI is InChI=1S/C24H20N2O2/c1-3-14-28-23-13-10-18-6-4-5-7-21(18)22(23)15-19(16-25)24(27)26-20-11-8-17(2)9-12-20/h3-13,15H,1,14H2,2H3,(H,26,27)/b19-15+. The molecule has 28 heavy (non-hydrogen) atoms. The van der Waals surface area contributed by atoms with Crippen molar-refractivity contribution in [3.05, 3.63) is 90.0 Å². The Morgan fingerprint density at radius 3 is 2.61 bits per heavy atom. The Balaban J connectivity index is 2.02. The Labute approximate surface area is 164 Å². The Morgan fingerprint density at radius 1 is 1.14 bits per heavy atom. The lowest BCUT2D eigenvalue weighted by atomic mass is 10.0. The van der Waals surface area contributed by atoms with Gasteiger partial charge in [-0.05, 0) is 42.0 Å². The molecule has 138 valence electrons. The number of nitrogens with one attached hydrogen (secondary N) is 1. The van der Waals surface area contributed by atoms with Crippen molar-refractivity contribution in [2.45, 2.75) is 6.92 Å². The van der Waals surface area contributed by atoms with E-state index in [-0.39, 0.29) is 5.57 Å². The smallest absolute Gasteiger partial charge is 0.266 e. The Morgan fingerprint density at radius 2 is 1.89 bits per heavy atom. The summed E-state index contributed by atoms with van der Waals surface area (Å²) in [5.41, 5.74) is 2.42. The summed E-state index contributed by atoms with van der Waals surface area (Å²) in [6, 6.07) is 21.0. The van der Waals surface area contributed by atoms with Crippen LogP contribution in [0.25, 0.3) is 16.8 Å². The summed E-state index contributed by atoms with van der Waals surface area (Å²) in [5.74, 6) is 0.128. The van der Waals surface area contributed by atoms with E-state index in [0.717, 1.165) is 16.3 Å². The van der Waals surface area contributed by atoms with E-state index in [1.54, 1.807) is 24.3 Å². The van der Waals surface area contributed by atoms with E-state index in [1.165, 1.54) is 0 Å². The first kappa shape index (κ1) is 18.9. The SMILES string of the molecule is C=CCOc1ccc2ccccc2c1/C=C(\C#N)C(=O)Nc1ccc(C)cc1. The highest BCUT2D eigenvalue weighted by Crippen LogP contribution is 2.30. The van der Waals surface area contributed by atoms with Crippen molar-refractivity contribution in [1.29, 1.82) is 5.26 Å². The topological polar surface area (TPSA) is 62.1 Å². The number of fused-ring (bicyclic) bond motifs is 1. The van der Waals surface area contributed by atoms with Gasteiger partial charge in [-0.1, -0.05) is 60.7 Å². The molecule has 4 nitrogen and oxygen atoms in total. The van der Waals surface area contributed by atoms with Crippen LogP contribution >= 0.6 is 0 Å². The molecule has 0 saturated carbocycles. The largest absolute Gasteiger partial charge is 0.489 e. The number of rotatable bonds is 6. The second-order valence-corrected chi connectivity index (χ2v) is 6.29. The van der Waals surface area contributed by atoms with Crippen LogP contribution in [0, 0.1) is 18.3 Å². The number of amides is 1. The molecule has 0 aromatic heterocycles. The van der Waals surface area contributed by atoms with Gasteiger partial charge in [-0.3, -0.25) is 4.79 Å². The number of nitriles is 1. The van der Waals surface area contributed by atoms with E-state index in [2.05, 4.69) is 11.9 Å². The zero-order valence-corrected chi connectivity index (χ0v) is 15.6. The van der Waals surface area contributed by atoms with Crippen LogP contribution in [0.2, 0.25) is 0 Å². The van der Waals surface area contributed by atoms with Crippen LogP contribution < -0.4 is 10.1 Å². The Kier molecular flexibility index (Phi) is 5.88. The number of benzene rings is 3. The lowest BCUT2D eigenvalue weighted by Gasteiger charge is -2.11. The minimum atomic E-state index is -0.464. The van der Waals surface area contributed by atoms with Gasteiger partial charge in [0.2, 0.25) is 0 Å². The first-order valence-corrected chi connectivity index (χ1v) is 8.87. The highest BCUT2D eigenvalue weighted by Gasteiger charge is 2.13. The molecule has 0 fully saturated rings. The minimum Gasteiger partial charge on any atom is -0.489 e. The Bertz CT molecular complexity index is 1090. The molecule has 0 aliphatic heterocycles. The number of hydrogen-bond donors (Lipinski definition) is 1. The van der Waals surface area contributed by atoms with E-state index >= 15 is 0 Å². The van der Waals surface area contributed by atoms with E-state index < -0.39 is 5.91 Å². The van der Waals surface area contributed by atoms with E-state index in [4.69, 9.17) is 4.74 Å². The molecule has 0 bridgehead atoms. The third-order valence-electron chi connectivity index (χ3n) is 4.25. The van der Waals surface area contributed by atoms with Crippen molar-refractivity contribution in [3.63, 3.8) is 0 Å². The fraction of sp³-hybridized carbons (Fsp3) is 0.0833. The summed E-state index contributed by atoms with van der Waals surface area (Å²) in [5, 5.41) is 14.2. The molecule has 1 N–H and O–H groups in total. The number of nitrogens with zero attached hydrogens (tertiary/aromatic N) is 1. The predicted octanol–water partition coefficient (Wildman–Crippen LogP) is 5.26. The molecule has 0 atom stereocenters. The van der Waals surface area contributed by atoms with Gasteiger partial charge in [0, 0.05) is 11.3 Å². The lowest BCUT2D eigenvalue weighted by Crippen LogP contribution is -2.13. The van der Waals surface area contributed by atoms with Crippen LogP contribution in [0.3, 0.4) is 0 Å². The average molecular weight is 368 g/mol. The fourth-order valence-corrected chi connectivity index (χ4v) is 2.83. The maximum atomic E-state index is 12.6. The minimum absolute atomic E-state index is 0.000353. The molecule has 3 rings (SSSR count). The van der Waals surface area contributed by atoms with Gasteiger partial charge in [0.1, 0.15) is 24.0 Å². The van der Waals surface area contributed by atoms with Crippen molar-refractivity contribution < 1.29 is 9.53 Å². The van der Waals surface area contributed by atoms with E-state index in [9.17, 15) is 10.1 Å².